The van der Waals surface area contributed by atoms with Crippen LogP contribution >= 0.6 is 0 Å². The summed E-state index contributed by atoms with van der Waals surface area (Å²) in [7, 11) is 0. The average Bonchev–Trinajstić information content (AvgIpc) is 2.46. The zero-order valence-corrected chi connectivity index (χ0v) is 11.7. The third-order valence-electron chi connectivity index (χ3n) is 3.37. The number of nitrogens with zero attached hydrogens (tertiary/aromatic N) is 1. The highest BCUT2D eigenvalue weighted by Gasteiger charge is 2.17. The molecule has 1 amide bonds. The van der Waals surface area contributed by atoms with Crippen molar-refractivity contribution in [3.8, 4) is 0 Å². The van der Waals surface area contributed by atoms with E-state index in [1.54, 1.807) is 0 Å². The Morgan fingerprint density at radius 2 is 2.05 bits per heavy atom. The van der Waals surface area contributed by atoms with Gasteiger partial charge in [-0.15, -0.1) is 0 Å². The molecule has 1 aliphatic heterocycles. The van der Waals surface area contributed by atoms with Crippen molar-refractivity contribution in [2.45, 2.75) is 26.3 Å². The Bertz CT molecular complexity index is 451. The maximum atomic E-state index is 12.0. The molecule has 1 N–H and O–H groups in total. The number of carbonyl (C=O) groups is 1. The number of hydrogen-bond acceptors (Lipinski definition) is 2. The van der Waals surface area contributed by atoms with Crippen molar-refractivity contribution in [2.75, 3.05) is 19.6 Å². The van der Waals surface area contributed by atoms with Crippen molar-refractivity contribution in [1.82, 2.24) is 10.2 Å². The second kappa shape index (κ2) is 6.53. The van der Waals surface area contributed by atoms with Gasteiger partial charge in [0.2, 0.25) is 5.91 Å². The molecule has 19 heavy (non-hydrogen) atoms. The molecule has 1 aromatic carbocycles. The van der Waals surface area contributed by atoms with Crippen LogP contribution in [0.15, 0.2) is 36.4 Å². The highest BCUT2D eigenvalue weighted by Crippen LogP contribution is 2.21. The van der Waals surface area contributed by atoms with Crippen molar-refractivity contribution in [3.63, 3.8) is 0 Å². The van der Waals surface area contributed by atoms with E-state index in [9.17, 15) is 4.79 Å². The molecule has 1 aliphatic rings. The first-order chi connectivity index (χ1) is 9.16. The van der Waals surface area contributed by atoms with Crippen molar-refractivity contribution in [1.29, 1.82) is 0 Å². The maximum absolute atomic E-state index is 12.0. The summed E-state index contributed by atoms with van der Waals surface area (Å²) in [4.78, 5) is 13.9. The lowest BCUT2D eigenvalue weighted by Gasteiger charge is -2.27. The first-order valence-corrected chi connectivity index (χ1v) is 6.92. The minimum atomic E-state index is 0.192. The fourth-order valence-electron chi connectivity index (χ4n) is 2.21. The molecule has 2 rings (SSSR count). The summed E-state index contributed by atoms with van der Waals surface area (Å²) < 4.78 is 0. The Morgan fingerprint density at radius 1 is 1.32 bits per heavy atom. The molecule has 1 aromatic rings. The second-order valence-electron chi connectivity index (χ2n) is 5.22. The maximum Gasteiger partial charge on any atom is 0.236 e. The Labute approximate surface area is 115 Å². The molecule has 0 aromatic heterocycles. The second-order valence-corrected chi connectivity index (χ2v) is 5.22. The molecule has 0 radical (unpaired) electrons. The Hall–Kier alpha value is -1.61. The number of benzene rings is 1. The van der Waals surface area contributed by atoms with Gasteiger partial charge in [0.05, 0.1) is 6.54 Å². The summed E-state index contributed by atoms with van der Waals surface area (Å²) >= 11 is 0. The zero-order valence-electron chi connectivity index (χ0n) is 11.7. The molecule has 0 aliphatic carbocycles. The molecule has 0 saturated carbocycles. The van der Waals surface area contributed by atoms with Crippen LogP contribution < -0.4 is 5.32 Å². The Balaban J connectivity index is 1.91. The largest absolute Gasteiger partial charge is 0.338 e. The molecule has 0 fully saturated rings. The van der Waals surface area contributed by atoms with Gasteiger partial charge in [-0.25, -0.2) is 0 Å². The van der Waals surface area contributed by atoms with Gasteiger partial charge >= 0.3 is 0 Å². The molecule has 3 heteroatoms. The van der Waals surface area contributed by atoms with E-state index in [1.165, 1.54) is 11.1 Å². The van der Waals surface area contributed by atoms with Crippen LogP contribution in [0.3, 0.4) is 0 Å². The van der Waals surface area contributed by atoms with Gasteiger partial charge < -0.3 is 10.2 Å². The van der Waals surface area contributed by atoms with E-state index < -0.39 is 0 Å². The monoisotopic (exact) mass is 258 g/mol. The smallest absolute Gasteiger partial charge is 0.236 e. The van der Waals surface area contributed by atoms with Crippen LogP contribution in [0.2, 0.25) is 0 Å². The van der Waals surface area contributed by atoms with Crippen LogP contribution in [0.5, 0.6) is 0 Å². The van der Waals surface area contributed by atoms with Crippen molar-refractivity contribution in [3.05, 3.63) is 42.0 Å². The van der Waals surface area contributed by atoms with E-state index >= 15 is 0 Å². The summed E-state index contributed by atoms with van der Waals surface area (Å²) in [5.41, 5.74) is 2.62. The topological polar surface area (TPSA) is 32.3 Å². The van der Waals surface area contributed by atoms with Crippen LogP contribution in [-0.2, 0) is 4.79 Å². The van der Waals surface area contributed by atoms with Gasteiger partial charge in [-0.05, 0) is 17.6 Å². The summed E-state index contributed by atoms with van der Waals surface area (Å²) in [5.74, 6) is 0.192. The molecular weight excluding hydrogens is 236 g/mol. The first kappa shape index (κ1) is 13.8. The van der Waals surface area contributed by atoms with Gasteiger partial charge in [0, 0.05) is 19.1 Å². The molecule has 0 bridgehead atoms. The van der Waals surface area contributed by atoms with E-state index in [0.717, 1.165) is 19.5 Å². The fourth-order valence-corrected chi connectivity index (χ4v) is 2.21. The minimum absolute atomic E-state index is 0.192. The lowest BCUT2D eigenvalue weighted by atomic mass is 9.99. The predicted octanol–water partition coefficient (Wildman–Crippen LogP) is 2.30. The average molecular weight is 258 g/mol. The summed E-state index contributed by atoms with van der Waals surface area (Å²) in [6.07, 6.45) is 3.11. The van der Waals surface area contributed by atoms with Crippen LogP contribution in [0.25, 0.3) is 5.57 Å². The predicted molar refractivity (Wildman–Crippen MR) is 78.8 cm³/mol. The van der Waals surface area contributed by atoms with Gasteiger partial charge in [0.15, 0.2) is 0 Å². The van der Waals surface area contributed by atoms with E-state index in [2.05, 4.69) is 49.5 Å². The molecule has 3 nitrogen and oxygen atoms in total. The molecule has 102 valence electrons. The van der Waals surface area contributed by atoms with Crippen LogP contribution in [0.1, 0.15) is 25.8 Å². The molecule has 0 atom stereocenters. The highest BCUT2D eigenvalue weighted by atomic mass is 16.2. The third-order valence-corrected chi connectivity index (χ3v) is 3.37. The Morgan fingerprint density at radius 3 is 2.63 bits per heavy atom. The van der Waals surface area contributed by atoms with Gasteiger partial charge in [-0.2, -0.15) is 0 Å². The van der Waals surface area contributed by atoms with Gasteiger partial charge in [-0.1, -0.05) is 50.3 Å². The first-order valence-electron chi connectivity index (χ1n) is 6.92. The van der Waals surface area contributed by atoms with Crippen LogP contribution in [0.4, 0.5) is 0 Å². The van der Waals surface area contributed by atoms with Crippen molar-refractivity contribution >= 4 is 11.5 Å². The van der Waals surface area contributed by atoms with Gasteiger partial charge in [-0.3, -0.25) is 4.79 Å². The summed E-state index contributed by atoms with van der Waals surface area (Å²) in [6, 6.07) is 10.7. The lowest BCUT2D eigenvalue weighted by Crippen LogP contribution is -2.42. The Kier molecular flexibility index (Phi) is 4.74. The lowest BCUT2D eigenvalue weighted by molar-refractivity contribution is -0.129. The van der Waals surface area contributed by atoms with E-state index in [4.69, 9.17) is 0 Å². The van der Waals surface area contributed by atoms with Gasteiger partial charge in [0.25, 0.3) is 0 Å². The fraction of sp³-hybridized carbons (Fsp3) is 0.438. The van der Waals surface area contributed by atoms with E-state index in [0.29, 0.717) is 12.6 Å². The molecule has 0 saturated heterocycles. The number of carbonyl (C=O) groups excluding carboxylic acids is 1. The van der Waals surface area contributed by atoms with Crippen molar-refractivity contribution < 1.29 is 4.79 Å². The standard InChI is InChI=1S/C16H22N2O/c1-13(2)17-12-16(19)18-10-8-15(9-11-18)14-6-4-3-5-7-14/h3-8,13,17H,9-12H2,1-2H3. The number of hydrogen-bond donors (Lipinski definition) is 1. The molecule has 0 spiro atoms. The zero-order chi connectivity index (χ0) is 13.7. The van der Waals surface area contributed by atoms with E-state index in [1.807, 2.05) is 11.0 Å². The van der Waals surface area contributed by atoms with Gasteiger partial charge in [0.1, 0.15) is 0 Å². The number of nitrogens with one attached hydrogen (secondary N) is 1. The third kappa shape index (κ3) is 3.93. The normalized spacial score (nSPS) is 15.5. The molecular formula is C16H22N2O. The SMILES string of the molecule is CC(C)NCC(=O)N1CC=C(c2ccccc2)CC1. The van der Waals surface area contributed by atoms with Crippen LogP contribution in [-0.4, -0.2) is 36.5 Å². The number of rotatable bonds is 4. The quantitative estimate of drug-likeness (QED) is 0.898. The van der Waals surface area contributed by atoms with Crippen molar-refractivity contribution in [2.24, 2.45) is 0 Å². The summed E-state index contributed by atoms with van der Waals surface area (Å²) in [6.45, 7) is 6.09. The number of amides is 1. The summed E-state index contributed by atoms with van der Waals surface area (Å²) in [5, 5.41) is 3.17. The molecule has 0 unspecified atom stereocenters. The van der Waals surface area contributed by atoms with E-state index in [-0.39, 0.29) is 5.91 Å². The highest BCUT2D eigenvalue weighted by molar-refractivity contribution is 5.80. The van der Waals surface area contributed by atoms with Crippen LogP contribution in [0, 0.1) is 0 Å². The minimum Gasteiger partial charge on any atom is -0.338 e. The molecule has 1 heterocycles.